The Kier molecular flexibility index (Phi) is 10.6. The van der Waals surface area contributed by atoms with E-state index in [0.29, 0.717) is 13.0 Å². The average Bonchev–Trinajstić information content (AvgIpc) is 3.22. The highest BCUT2D eigenvalue weighted by Crippen LogP contribution is 2.50. The number of amides is 3. The van der Waals surface area contributed by atoms with Crippen LogP contribution >= 0.6 is 23.5 Å². The number of carbonyl (C=O) groups is 4. The number of nitrogens with zero attached hydrogens (tertiary/aromatic N) is 1. The second-order valence-electron chi connectivity index (χ2n) is 13.0. The fourth-order valence-electron chi connectivity index (χ4n) is 5.59. The number of hydrogen-bond donors (Lipinski definition) is 2. The Morgan fingerprint density at radius 3 is 2.08 bits per heavy atom. The first-order chi connectivity index (χ1) is 18.2. The minimum atomic E-state index is -0.891. The van der Waals surface area contributed by atoms with Crippen LogP contribution in [-0.2, 0) is 23.9 Å². The Labute approximate surface area is 242 Å². The molecule has 3 fully saturated rings. The van der Waals surface area contributed by atoms with Crippen LogP contribution in [0.15, 0.2) is 0 Å². The molecule has 3 amide bonds. The molecule has 1 saturated carbocycles. The molecule has 0 bridgehead atoms. The molecule has 3 aliphatic rings. The molecule has 0 radical (unpaired) electrons. The van der Waals surface area contributed by atoms with Crippen molar-refractivity contribution in [1.82, 2.24) is 15.5 Å². The molecule has 2 heterocycles. The monoisotopic (exact) mass is 585 g/mol. The number of alkyl carbamates (subject to hydrolysis) is 1. The number of thioether (sulfide) groups is 2. The summed E-state index contributed by atoms with van der Waals surface area (Å²) in [6.07, 6.45) is 5.67. The molecule has 2 aliphatic heterocycles. The van der Waals surface area contributed by atoms with Crippen LogP contribution in [0, 0.1) is 11.3 Å². The van der Waals surface area contributed by atoms with E-state index >= 15 is 0 Å². The molecule has 1 spiro atoms. The van der Waals surface area contributed by atoms with E-state index in [1.165, 1.54) is 7.11 Å². The fourth-order valence-corrected chi connectivity index (χ4v) is 8.94. The molecule has 0 aromatic rings. The number of ether oxygens (including phenoxy) is 2. The molecule has 1 aliphatic carbocycles. The highest BCUT2D eigenvalue weighted by Gasteiger charge is 2.53. The molecule has 2 N–H and O–H groups in total. The van der Waals surface area contributed by atoms with Gasteiger partial charge in [-0.2, -0.15) is 0 Å². The second kappa shape index (κ2) is 12.9. The Bertz CT molecular complexity index is 904. The SMILES string of the molecule is COC(=O)[C@@H]1CC2(CN1C(=O)[C@@H](NC(=O)[C@@H](NC(=O)OC(C)(C)C)C1CCCCC1)C(C)(C)C)SCCCS2. The van der Waals surface area contributed by atoms with Gasteiger partial charge in [0, 0.05) is 13.0 Å². The van der Waals surface area contributed by atoms with E-state index in [0.717, 1.165) is 50.0 Å². The van der Waals surface area contributed by atoms with Gasteiger partial charge in [0.05, 0.1) is 11.2 Å². The van der Waals surface area contributed by atoms with Crippen LogP contribution in [-0.4, -0.2) is 81.7 Å². The fraction of sp³-hybridized carbons (Fsp3) is 0.857. The van der Waals surface area contributed by atoms with Crippen LogP contribution in [0.5, 0.6) is 0 Å². The highest BCUT2D eigenvalue weighted by molar-refractivity contribution is 8.18. The van der Waals surface area contributed by atoms with Crippen molar-refractivity contribution in [1.29, 1.82) is 0 Å². The maximum atomic E-state index is 14.2. The summed E-state index contributed by atoms with van der Waals surface area (Å²) < 4.78 is 10.3. The molecule has 0 aromatic carbocycles. The Hall–Kier alpha value is -1.62. The van der Waals surface area contributed by atoms with Gasteiger partial charge in [-0.05, 0) is 62.9 Å². The maximum Gasteiger partial charge on any atom is 0.408 e. The first kappa shape index (κ1) is 31.9. The summed E-state index contributed by atoms with van der Waals surface area (Å²) in [4.78, 5) is 55.2. The van der Waals surface area contributed by atoms with Crippen molar-refractivity contribution in [3.05, 3.63) is 0 Å². The van der Waals surface area contributed by atoms with E-state index in [-0.39, 0.29) is 15.9 Å². The molecular weight excluding hydrogens is 538 g/mol. The molecule has 3 atom stereocenters. The minimum absolute atomic E-state index is 0.0464. The predicted molar refractivity (Wildman–Crippen MR) is 156 cm³/mol. The zero-order chi connectivity index (χ0) is 29.0. The van der Waals surface area contributed by atoms with Gasteiger partial charge in [0.25, 0.3) is 0 Å². The molecule has 3 rings (SSSR count). The molecule has 11 heteroatoms. The summed E-state index contributed by atoms with van der Waals surface area (Å²) >= 11 is 3.61. The number of likely N-dealkylation sites (tertiary alicyclic amines) is 1. The van der Waals surface area contributed by atoms with Crippen LogP contribution in [0.25, 0.3) is 0 Å². The Morgan fingerprint density at radius 2 is 1.54 bits per heavy atom. The highest BCUT2D eigenvalue weighted by atomic mass is 32.2. The van der Waals surface area contributed by atoms with E-state index in [4.69, 9.17) is 9.47 Å². The Morgan fingerprint density at radius 1 is 0.923 bits per heavy atom. The molecule has 2 saturated heterocycles. The topological polar surface area (TPSA) is 114 Å². The molecular formula is C28H47N3O6S2. The second-order valence-corrected chi connectivity index (χ2v) is 16.2. The smallest absolute Gasteiger partial charge is 0.408 e. The number of methoxy groups -OCH3 is 1. The largest absolute Gasteiger partial charge is 0.467 e. The van der Waals surface area contributed by atoms with E-state index < -0.39 is 47.1 Å². The van der Waals surface area contributed by atoms with Crippen LogP contribution in [0.2, 0.25) is 0 Å². The summed E-state index contributed by atoms with van der Waals surface area (Å²) in [7, 11) is 1.34. The van der Waals surface area contributed by atoms with E-state index in [2.05, 4.69) is 10.6 Å². The van der Waals surface area contributed by atoms with E-state index in [9.17, 15) is 19.2 Å². The third-order valence-corrected chi connectivity index (χ3v) is 10.9. The first-order valence-electron chi connectivity index (χ1n) is 14.1. The molecule has 0 aromatic heterocycles. The molecule has 0 unspecified atom stereocenters. The number of hydrogen-bond acceptors (Lipinski definition) is 8. The van der Waals surface area contributed by atoms with Crippen LogP contribution in [0.3, 0.4) is 0 Å². The lowest BCUT2D eigenvalue weighted by atomic mass is 9.82. The minimum Gasteiger partial charge on any atom is -0.467 e. The standard InChI is InChI=1S/C28H47N3O6S2/c1-26(2,3)21(23(33)31-17-28(38-14-11-15-39-28)16-19(31)24(34)36-7)30-22(32)20(18-12-9-8-10-13-18)29-25(35)37-27(4,5)6/h18-21H,8-17H2,1-7H3,(H,29,35)(H,30,32)/t19-,20-,21+/m0/s1. The van der Waals surface area contributed by atoms with Crippen molar-refractivity contribution < 1.29 is 28.7 Å². The summed E-state index contributed by atoms with van der Waals surface area (Å²) in [5, 5.41) is 5.81. The lowest BCUT2D eigenvalue weighted by Gasteiger charge is -2.38. The van der Waals surface area contributed by atoms with Crippen molar-refractivity contribution in [2.45, 2.75) is 114 Å². The third-order valence-electron chi connectivity index (χ3n) is 7.54. The maximum absolute atomic E-state index is 14.2. The van der Waals surface area contributed by atoms with Gasteiger partial charge in [-0.25, -0.2) is 9.59 Å². The zero-order valence-corrected chi connectivity index (χ0v) is 26.2. The average molecular weight is 586 g/mol. The van der Waals surface area contributed by atoms with Crippen molar-refractivity contribution >= 4 is 47.4 Å². The van der Waals surface area contributed by atoms with Crippen LogP contribution in [0.1, 0.15) is 86.5 Å². The zero-order valence-electron chi connectivity index (χ0n) is 24.6. The van der Waals surface area contributed by atoms with Gasteiger partial charge in [0.15, 0.2) is 0 Å². The summed E-state index contributed by atoms with van der Waals surface area (Å²) in [5.74, 6) is 0.803. The van der Waals surface area contributed by atoms with Crippen LogP contribution in [0.4, 0.5) is 4.79 Å². The van der Waals surface area contributed by atoms with Crippen molar-refractivity contribution in [3.63, 3.8) is 0 Å². The van der Waals surface area contributed by atoms with Crippen molar-refractivity contribution in [2.24, 2.45) is 11.3 Å². The van der Waals surface area contributed by atoms with Crippen molar-refractivity contribution in [2.75, 3.05) is 25.2 Å². The molecule has 9 nitrogen and oxygen atoms in total. The summed E-state index contributed by atoms with van der Waals surface area (Å²) in [6, 6.07) is -2.41. The van der Waals surface area contributed by atoms with E-state index in [1.54, 1.807) is 49.2 Å². The third kappa shape index (κ3) is 8.44. The molecule has 222 valence electrons. The van der Waals surface area contributed by atoms with Gasteiger partial charge in [0.1, 0.15) is 23.7 Å². The Balaban J connectivity index is 1.85. The van der Waals surface area contributed by atoms with Crippen LogP contribution < -0.4 is 10.6 Å². The molecule has 39 heavy (non-hydrogen) atoms. The summed E-state index contributed by atoms with van der Waals surface area (Å²) in [6.45, 7) is 11.5. The predicted octanol–water partition coefficient (Wildman–Crippen LogP) is 4.33. The summed E-state index contributed by atoms with van der Waals surface area (Å²) in [5.41, 5.74) is -1.34. The van der Waals surface area contributed by atoms with Gasteiger partial charge in [0.2, 0.25) is 11.8 Å². The number of esters is 1. The lowest BCUT2D eigenvalue weighted by molar-refractivity contribution is -0.153. The van der Waals surface area contributed by atoms with E-state index in [1.807, 2.05) is 20.8 Å². The van der Waals surface area contributed by atoms with Gasteiger partial charge >= 0.3 is 12.1 Å². The van der Waals surface area contributed by atoms with Gasteiger partial charge < -0.3 is 25.0 Å². The van der Waals surface area contributed by atoms with Crippen molar-refractivity contribution in [3.8, 4) is 0 Å². The lowest BCUT2D eigenvalue weighted by Crippen LogP contribution is -2.61. The van der Waals surface area contributed by atoms with Gasteiger partial charge in [-0.15, -0.1) is 23.5 Å². The van der Waals surface area contributed by atoms with Gasteiger partial charge in [-0.3, -0.25) is 9.59 Å². The number of nitrogens with one attached hydrogen (secondary N) is 2. The normalized spacial score (nSPS) is 23.6. The number of carbonyl (C=O) groups excluding carboxylic acids is 4. The quantitative estimate of drug-likeness (QED) is 0.443. The first-order valence-corrected chi connectivity index (χ1v) is 16.1. The number of rotatable bonds is 6. The van der Waals surface area contributed by atoms with Gasteiger partial charge in [-0.1, -0.05) is 40.0 Å².